The van der Waals surface area contributed by atoms with Gasteiger partial charge in [-0.3, -0.25) is 0 Å². The average molecular weight is 243 g/mol. The number of pyridine rings is 1. The van der Waals surface area contributed by atoms with Gasteiger partial charge in [-0.2, -0.15) is 0 Å². The van der Waals surface area contributed by atoms with Crippen molar-refractivity contribution in [2.75, 3.05) is 30.9 Å². The van der Waals surface area contributed by atoms with Crippen LogP contribution >= 0.6 is 0 Å². The summed E-state index contributed by atoms with van der Waals surface area (Å²) in [5, 5.41) is 3.52. The third-order valence-electron chi connectivity index (χ3n) is 4.19. The Morgan fingerprint density at radius 3 is 2.72 bits per heavy atom. The van der Waals surface area contributed by atoms with Gasteiger partial charge in [-0.1, -0.05) is 12.2 Å². The molecule has 2 bridgehead atoms. The standard InChI is InChI=1S/C15H21N3/c1-18(2)15-6-5-14(10-17-15)16-9-13-8-11-3-4-12(13)7-11/h3-6,10-13,16H,7-9H2,1-2H3. The van der Waals surface area contributed by atoms with Crippen molar-refractivity contribution in [3.63, 3.8) is 0 Å². The Labute approximate surface area is 109 Å². The first-order valence-corrected chi connectivity index (χ1v) is 6.78. The molecule has 0 aliphatic heterocycles. The molecule has 1 heterocycles. The number of rotatable bonds is 4. The second-order valence-electron chi connectivity index (χ2n) is 5.72. The zero-order valence-electron chi connectivity index (χ0n) is 11.1. The van der Waals surface area contributed by atoms with Crippen LogP contribution in [0.25, 0.3) is 0 Å². The largest absolute Gasteiger partial charge is 0.383 e. The van der Waals surface area contributed by atoms with Gasteiger partial charge in [0.2, 0.25) is 0 Å². The zero-order chi connectivity index (χ0) is 12.5. The smallest absolute Gasteiger partial charge is 0.128 e. The molecule has 18 heavy (non-hydrogen) atoms. The quantitative estimate of drug-likeness (QED) is 0.824. The SMILES string of the molecule is CN(C)c1ccc(NCC2CC3C=CC2C3)cn1. The molecule has 1 fully saturated rings. The summed E-state index contributed by atoms with van der Waals surface area (Å²) in [6, 6.07) is 4.18. The van der Waals surface area contributed by atoms with E-state index in [0.29, 0.717) is 0 Å². The lowest BCUT2D eigenvalue weighted by molar-refractivity contribution is 0.472. The van der Waals surface area contributed by atoms with Gasteiger partial charge in [0.1, 0.15) is 5.82 Å². The highest BCUT2D eigenvalue weighted by atomic mass is 15.1. The molecule has 3 unspecified atom stereocenters. The van der Waals surface area contributed by atoms with E-state index in [1.807, 2.05) is 25.2 Å². The van der Waals surface area contributed by atoms with Gasteiger partial charge in [-0.15, -0.1) is 0 Å². The molecule has 3 nitrogen and oxygen atoms in total. The highest BCUT2D eigenvalue weighted by Crippen LogP contribution is 2.43. The number of aromatic nitrogens is 1. The molecule has 1 aromatic heterocycles. The topological polar surface area (TPSA) is 28.2 Å². The van der Waals surface area contributed by atoms with Crippen LogP contribution in [0.2, 0.25) is 0 Å². The number of hydrogen-bond acceptors (Lipinski definition) is 3. The fourth-order valence-electron chi connectivity index (χ4n) is 3.13. The van der Waals surface area contributed by atoms with Crippen molar-refractivity contribution in [3.05, 3.63) is 30.5 Å². The number of anilines is 2. The lowest BCUT2D eigenvalue weighted by Crippen LogP contribution is -2.18. The van der Waals surface area contributed by atoms with E-state index >= 15 is 0 Å². The Morgan fingerprint density at radius 2 is 2.17 bits per heavy atom. The molecule has 0 radical (unpaired) electrons. The van der Waals surface area contributed by atoms with Crippen LogP contribution < -0.4 is 10.2 Å². The van der Waals surface area contributed by atoms with Gasteiger partial charge < -0.3 is 10.2 Å². The normalized spacial score (nSPS) is 28.7. The van der Waals surface area contributed by atoms with Crippen molar-refractivity contribution in [3.8, 4) is 0 Å². The van der Waals surface area contributed by atoms with Crippen LogP contribution in [-0.2, 0) is 0 Å². The number of allylic oxidation sites excluding steroid dienone is 2. The van der Waals surface area contributed by atoms with Crippen LogP contribution in [0.4, 0.5) is 11.5 Å². The second kappa shape index (κ2) is 4.63. The minimum absolute atomic E-state index is 0.813. The number of hydrogen-bond donors (Lipinski definition) is 1. The zero-order valence-corrected chi connectivity index (χ0v) is 11.1. The van der Waals surface area contributed by atoms with Gasteiger partial charge in [0, 0.05) is 20.6 Å². The molecule has 1 N–H and O–H groups in total. The van der Waals surface area contributed by atoms with Gasteiger partial charge in [0.25, 0.3) is 0 Å². The predicted molar refractivity (Wildman–Crippen MR) is 75.9 cm³/mol. The van der Waals surface area contributed by atoms with Crippen molar-refractivity contribution < 1.29 is 0 Å². The average Bonchev–Trinajstić information content (AvgIpc) is 2.99. The van der Waals surface area contributed by atoms with Crippen LogP contribution in [-0.4, -0.2) is 25.6 Å². The molecule has 2 aliphatic carbocycles. The van der Waals surface area contributed by atoms with Gasteiger partial charge in [0.15, 0.2) is 0 Å². The molecule has 1 aromatic rings. The van der Waals surface area contributed by atoms with E-state index in [2.05, 4.69) is 34.6 Å². The maximum absolute atomic E-state index is 4.42. The van der Waals surface area contributed by atoms with Crippen molar-refractivity contribution in [1.82, 2.24) is 4.98 Å². The first-order valence-electron chi connectivity index (χ1n) is 6.78. The maximum atomic E-state index is 4.42. The molecule has 3 heteroatoms. The third kappa shape index (κ3) is 2.22. The molecule has 0 saturated heterocycles. The molecule has 0 amide bonds. The highest BCUT2D eigenvalue weighted by Gasteiger charge is 2.35. The summed E-state index contributed by atoms with van der Waals surface area (Å²) in [6.45, 7) is 1.08. The van der Waals surface area contributed by atoms with Crippen LogP contribution in [0.15, 0.2) is 30.5 Å². The molecule has 3 rings (SSSR count). The lowest BCUT2D eigenvalue weighted by Gasteiger charge is -2.19. The summed E-state index contributed by atoms with van der Waals surface area (Å²) < 4.78 is 0. The summed E-state index contributed by atoms with van der Waals surface area (Å²) in [5.74, 6) is 3.49. The van der Waals surface area contributed by atoms with Crippen molar-refractivity contribution >= 4 is 11.5 Å². The Hall–Kier alpha value is -1.51. The fraction of sp³-hybridized carbons (Fsp3) is 0.533. The second-order valence-corrected chi connectivity index (χ2v) is 5.72. The summed E-state index contributed by atoms with van der Waals surface area (Å²) in [6.07, 6.45) is 9.47. The van der Waals surface area contributed by atoms with Crippen molar-refractivity contribution in [1.29, 1.82) is 0 Å². The van der Waals surface area contributed by atoms with Crippen molar-refractivity contribution in [2.45, 2.75) is 12.8 Å². The molecule has 0 spiro atoms. The Morgan fingerprint density at radius 1 is 1.28 bits per heavy atom. The first kappa shape index (κ1) is 11.6. The van der Waals surface area contributed by atoms with Crippen LogP contribution in [0.1, 0.15) is 12.8 Å². The van der Waals surface area contributed by atoms with Crippen LogP contribution in [0, 0.1) is 17.8 Å². The maximum Gasteiger partial charge on any atom is 0.128 e. The summed E-state index contributed by atoms with van der Waals surface area (Å²) in [5.41, 5.74) is 1.13. The summed E-state index contributed by atoms with van der Waals surface area (Å²) >= 11 is 0. The van der Waals surface area contributed by atoms with E-state index in [4.69, 9.17) is 0 Å². The molecule has 0 aromatic carbocycles. The van der Waals surface area contributed by atoms with E-state index in [1.54, 1.807) is 0 Å². The first-order chi connectivity index (χ1) is 8.72. The fourth-order valence-corrected chi connectivity index (χ4v) is 3.13. The molecular formula is C15H21N3. The molecule has 96 valence electrons. The minimum Gasteiger partial charge on any atom is -0.383 e. The van der Waals surface area contributed by atoms with E-state index in [9.17, 15) is 0 Å². The van der Waals surface area contributed by atoms with E-state index in [-0.39, 0.29) is 0 Å². The monoisotopic (exact) mass is 243 g/mol. The Balaban J connectivity index is 1.55. The molecular weight excluding hydrogens is 222 g/mol. The minimum atomic E-state index is 0.813. The highest BCUT2D eigenvalue weighted by molar-refractivity contribution is 5.47. The van der Waals surface area contributed by atoms with E-state index < -0.39 is 0 Å². The number of fused-ring (bicyclic) bond motifs is 2. The van der Waals surface area contributed by atoms with Gasteiger partial charge >= 0.3 is 0 Å². The van der Waals surface area contributed by atoms with Gasteiger partial charge in [-0.25, -0.2) is 4.98 Å². The summed E-state index contributed by atoms with van der Waals surface area (Å²) in [7, 11) is 4.02. The molecule has 1 saturated carbocycles. The Bertz CT molecular complexity index is 436. The third-order valence-corrected chi connectivity index (χ3v) is 4.19. The lowest BCUT2D eigenvalue weighted by atomic mass is 9.93. The van der Waals surface area contributed by atoms with Crippen LogP contribution in [0.5, 0.6) is 0 Å². The van der Waals surface area contributed by atoms with E-state index in [0.717, 1.165) is 35.8 Å². The molecule has 3 atom stereocenters. The molecule has 2 aliphatic rings. The van der Waals surface area contributed by atoms with Crippen molar-refractivity contribution in [2.24, 2.45) is 17.8 Å². The predicted octanol–water partition coefficient (Wildman–Crippen LogP) is 2.77. The van der Waals surface area contributed by atoms with Gasteiger partial charge in [0.05, 0.1) is 11.9 Å². The van der Waals surface area contributed by atoms with Gasteiger partial charge in [-0.05, 0) is 42.7 Å². The Kier molecular flexibility index (Phi) is 2.98. The number of nitrogens with one attached hydrogen (secondary N) is 1. The number of nitrogens with zero attached hydrogens (tertiary/aromatic N) is 2. The summed E-state index contributed by atoms with van der Waals surface area (Å²) in [4.78, 5) is 6.44. The van der Waals surface area contributed by atoms with Crippen LogP contribution in [0.3, 0.4) is 0 Å². The van der Waals surface area contributed by atoms with E-state index in [1.165, 1.54) is 12.8 Å².